The van der Waals surface area contributed by atoms with Crippen LogP contribution in [0.5, 0.6) is 0 Å². The maximum Gasteiger partial charge on any atom is 0.256 e. The lowest BCUT2D eigenvalue weighted by Gasteiger charge is -2.10. The van der Waals surface area contributed by atoms with Crippen molar-refractivity contribution in [2.45, 2.75) is 6.92 Å². The largest absolute Gasteiger partial charge is 0.398 e. The standard InChI is InChI=1S/C14H12BrFN2O/c1-8-10(6-9(15)7-12(8)17)14(19)18-13-5-3-2-4-11(13)16/h2-7H,17H2,1H3,(H,18,19). The second kappa shape index (κ2) is 5.40. The third-order valence-electron chi connectivity index (χ3n) is 2.78. The van der Waals surface area contributed by atoms with Crippen LogP contribution in [0.4, 0.5) is 15.8 Å². The molecule has 0 unspecified atom stereocenters. The summed E-state index contributed by atoms with van der Waals surface area (Å²) in [5, 5.41) is 2.53. The molecule has 0 aromatic heterocycles. The Bertz CT molecular complexity index is 643. The number of nitrogens with two attached hydrogens (primary N) is 1. The van der Waals surface area contributed by atoms with E-state index >= 15 is 0 Å². The molecule has 2 rings (SSSR count). The molecular formula is C14H12BrFN2O. The van der Waals surface area contributed by atoms with Crippen molar-refractivity contribution >= 4 is 33.2 Å². The fourth-order valence-electron chi connectivity index (χ4n) is 1.69. The Kier molecular flexibility index (Phi) is 3.85. The van der Waals surface area contributed by atoms with Crippen molar-refractivity contribution in [1.29, 1.82) is 0 Å². The molecule has 3 N–H and O–H groups in total. The Hall–Kier alpha value is -1.88. The molecule has 0 heterocycles. The molecule has 0 fully saturated rings. The molecule has 0 radical (unpaired) electrons. The minimum atomic E-state index is -0.475. The van der Waals surface area contributed by atoms with Gasteiger partial charge in [0.15, 0.2) is 0 Å². The predicted octanol–water partition coefficient (Wildman–Crippen LogP) is 3.73. The third kappa shape index (κ3) is 2.93. The van der Waals surface area contributed by atoms with Gasteiger partial charge in [0.2, 0.25) is 0 Å². The van der Waals surface area contributed by atoms with Gasteiger partial charge in [0, 0.05) is 15.7 Å². The lowest BCUT2D eigenvalue weighted by Crippen LogP contribution is -2.15. The molecule has 0 aliphatic rings. The van der Waals surface area contributed by atoms with Crippen LogP contribution in [0, 0.1) is 12.7 Å². The molecule has 0 atom stereocenters. The Labute approximate surface area is 118 Å². The van der Waals surface area contributed by atoms with Gasteiger partial charge in [0.1, 0.15) is 5.82 Å². The molecule has 0 aliphatic heterocycles. The summed E-state index contributed by atoms with van der Waals surface area (Å²) in [6.45, 7) is 1.75. The first kappa shape index (κ1) is 13.5. The lowest BCUT2D eigenvalue weighted by molar-refractivity contribution is 0.102. The molecule has 1 amide bonds. The number of nitrogens with one attached hydrogen (secondary N) is 1. The lowest BCUT2D eigenvalue weighted by atomic mass is 10.1. The van der Waals surface area contributed by atoms with Crippen LogP contribution >= 0.6 is 15.9 Å². The zero-order valence-electron chi connectivity index (χ0n) is 10.2. The van der Waals surface area contributed by atoms with Gasteiger partial charge in [-0.05, 0) is 36.8 Å². The summed E-state index contributed by atoms with van der Waals surface area (Å²) in [6.07, 6.45) is 0. The molecule has 0 bridgehead atoms. The van der Waals surface area contributed by atoms with E-state index in [1.807, 2.05) is 0 Å². The third-order valence-corrected chi connectivity index (χ3v) is 3.24. The summed E-state index contributed by atoms with van der Waals surface area (Å²) >= 11 is 3.28. The second-order valence-electron chi connectivity index (χ2n) is 4.10. The number of nitrogen functional groups attached to an aromatic ring is 1. The van der Waals surface area contributed by atoms with Gasteiger partial charge in [-0.15, -0.1) is 0 Å². The van der Waals surface area contributed by atoms with E-state index in [1.54, 1.807) is 31.2 Å². The van der Waals surface area contributed by atoms with Crippen molar-refractivity contribution in [2.75, 3.05) is 11.1 Å². The van der Waals surface area contributed by atoms with Crippen molar-refractivity contribution < 1.29 is 9.18 Å². The fraction of sp³-hybridized carbons (Fsp3) is 0.0714. The van der Waals surface area contributed by atoms with E-state index in [1.165, 1.54) is 12.1 Å². The van der Waals surface area contributed by atoms with Crippen molar-refractivity contribution in [1.82, 2.24) is 0 Å². The van der Waals surface area contributed by atoms with Crippen molar-refractivity contribution in [3.63, 3.8) is 0 Å². The number of carbonyl (C=O) groups excluding carboxylic acids is 1. The monoisotopic (exact) mass is 322 g/mol. The van der Waals surface area contributed by atoms with Gasteiger partial charge in [-0.25, -0.2) is 4.39 Å². The number of hydrogen-bond donors (Lipinski definition) is 2. The molecule has 0 spiro atoms. The summed E-state index contributed by atoms with van der Waals surface area (Å²) in [5.41, 5.74) is 7.53. The average molecular weight is 323 g/mol. The molecule has 2 aromatic rings. The quantitative estimate of drug-likeness (QED) is 0.828. The minimum absolute atomic E-state index is 0.144. The maximum absolute atomic E-state index is 13.5. The summed E-state index contributed by atoms with van der Waals surface area (Å²) in [6, 6.07) is 9.38. The van der Waals surface area contributed by atoms with Crippen molar-refractivity contribution in [2.24, 2.45) is 0 Å². The first-order valence-electron chi connectivity index (χ1n) is 5.60. The zero-order chi connectivity index (χ0) is 14.0. The van der Waals surface area contributed by atoms with Crippen LogP contribution in [0.1, 0.15) is 15.9 Å². The minimum Gasteiger partial charge on any atom is -0.398 e. The van der Waals surface area contributed by atoms with Gasteiger partial charge in [-0.3, -0.25) is 4.79 Å². The van der Waals surface area contributed by atoms with Gasteiger partial charge in [-0.1, -0.05) is 28.1 Å². The highest BCUT2D eigenvalue weighted by Gasteiger charge is 2.13. The molecule has 0 aliphatic carbocycles. The fourth-order valence-corrected chi connectivity index (χ4v) is 2.16. The van der Waals surface area contributed by atoms with E-state index < -0.39 is 11.7 Å². The number of carbonyl (C=O) groups is 1. The Morgan fingerprint density at radius 1 is 1.32 bits per heavy atom. The molecule has 3 nitrogen and oxygen atoms in total. The number of anilines is 2. The number of amides is 1. The van der Waals surface area contributed by atoms with Gasteiger partial charge >= 0.3 is 0 Å². The summed E-state index contributed by atoms with van der Waals surface area (Å²) < 4.78 is 14.2. The van der Waals surface area contributed by atoms with Gasteiger partial charge in [0.05, 0.1) is 5.69 Å². The molecule has 19 heavy (non-hydrogen) atoms. The number of benzene rings is 2. The van der Waals surface area contributed by atoms with Crippen LogP contribution in [0.15, 0.2) is 40.9 Å². The molecule has 2 aromatic carbocycles. The number of hydrogen-bond acceptors (Lipinski definition) is 2. The van der Waals surface area contributed by atoms with Crippen LogP contribution in [0.3, 0.4) is 0 Å². The summed E-state index contributed by atoms with van der Waals surface area (Å²) in [5.74, 6) is -0.868. The van der Waals surface area contributed by atoms with Gasteiger partial charge in [0.25, 0.3) is 5.91 Å². The van der Waals surface area contributed by atoms with E-state index in [0.29, 0.717) is 21.3 Å². The number of halogens is 2. The van der Waals surface area contributed by atoms with Crippen molar-refractivity contribution in [3.8, 4) is 0 Å². The van der Waals surface area contributed by atoms with E-state index in [9.17, 15) is 9.18 Å². The highest BCUT2D eigenvalue weighted by molar-refractivity contribution is 9.10. The van der Waals surface area contributed by atoms with Crippen LogP contribution in [-0.2, 0) is 0 Å². The topological polar surface area (TPSA) is 55.1 Å². The van der Waals surface area contributed by atoms with Crippen LogP contribution < -0.4 is 11.1 Å². The highest BCUT2D eigenvalue weighted by Crippen LogP contribution is 2.24. The predicted molar refractivity (Wildman–Crippen MR) is 77.6 cm³/mol. The first-order chi connectivity index (χ1) is 8.99. The maximum atomic E-state index is 13.5. The normalized spacial score (nSPS) is 10.3. The number of rotatable bonds is 2. The van der Waals surface area contributed by atoms with Crippen LogP contribution in [0.25, 0.3) is 0 Å². The molecule has 0 saturated heterocycles. The Morgan fingerprint density at radius 2 is 2.00 bits per heavy atom. The summed E-state index contributed by atoms with van der Waals surface area (Å²) in [4.78, 5) is 12.1. The van der Waals surface area contributed by atoms with E-state index in [0.717, 1.165) is 0 Å². The SMILES string of the molecule is Cc1c(N)cc(Br)cc1C(=O)Nc1ccccc1F. The average Bonchev–Trinajstić information content (AvgIpc) is 2.36. The van der Waals surface area contributed by atoms with Gasteiger partial charge < -0.3 is 11.1 Å². The van der Waals surface area contributed by atoms with Crippen molar-refractivity contribution in [3.05, 3.63) is 57.8 Å². The molecular weight excluding hydrogens is 311 g/mol. The van der Waals surface area contributed by atoms with Crippen LogP contribution in [-0.4, -0.2) is 5.91 Å². The smallest absolute Gasteiger partial charge is 0.256 e. The molecule has 5 heteroatoms. The first-order valence-corrected chi connectivity index (χ1v) is 6.40. The van der Waals surface area contributed by atoms with E-state index in [2.05, 4.69) is 21.2 Å². The summed E-state index contributed by atoms with van der Waals surface area (Å²) in [7, 11) is 0. The second-order valence-corrected chi connectivity index (χ2v) is 5.02. The Morgan fingerprint density at radius 3 is 2.68 bits per heavy atom. The van der Waals surface area contributed by atoms with Crippen LogP contribution in [0.2, 0.25) is 0 Å². The Balaban J connectivity index is 2.33. The zero-order valence-corrected chi connectivity index (χ0v) is 11.8. The van der Waals surface area contributed by atoms with Gasteiger partial charge in [-0.2, -0.15) is 0 Å². The highest BCUT2D eigenvalue weighted by atomic mass is 79.9. The molecule has 98 valence electrons. The van der Waals surface area contributed by atoms with E-state index in [4.69, 9.17) is 5.73 Å². The van der Waals surface area contributed by atoms with E-state index in [-0.39, 0.29) is 5.69 Å². The molecule has 0 saturated carbocycles. The number of para-hydroxylation sites is 1.